The molecule has 0 saturated carbocycles. The molecule has 0 spiro atoms. The van der Waals surface area contributed by atoms with Gasteiger partial charge in [0.05, 0.1) is 6.61 Å². The molecule has 0 fully saturated rings. The Balaban J connectivity index is 2.74. The van der Waals surface area contributed by atoms with Gasteiger partial charge >= 0.3 is 5.97 Å². The normalized spacial score (nSPS) is 10.3. The lowest BCUT2D eigenvalue weighted by Crippen LogP contribution is -1.97. The van der Waals surface area contributed by atoms with Crippen LogP contribution in [-0.2, 0) is 4.79 Å². The monoisotopic (exact) mass is 220 g/mol. The van der Waals surface area contributed by atoms with Crippen molar-refractivity contribution in [2.24, 2.45) is 0 Å². The van der Waals surface area contributed by atoms with Crippen LogP contribution in [0.5, 0.6) is 5.75 Å². The predicted molar refractivity (Wildman–Crippen MR) is 58.7 cm³/mol. The van der Waals surface area contributed by atoms with Gasteiger partial charge in [0, 0.05) is 11.6 Å². The summed E-state index contributed by atoms with van der Waals surface area (Å²) in [5.74, 6) is -0.800. The van der Waals surface area contributed by atoms with Gasteiger partial charge in [0.25, 0.3) is 0 Å². The summed E-state index contributed by atoms with van der Waals surface area (Å²) in [6, 6.07) is 6.54. The standard InChI is InChI=1S/C12H12O4/c1-2-16-10-5-3-9(4-6-10)11(13)7-8-12(14)15/h3-8H,2H2,1H3,(H,14,15)/b8-7+. The molecule has 1 N–H and O–H groups in total. The van der Waals surface area contributed by atoms with E-state index in [1.165, 1.54) is 0 Å². The maximum atomic E-state index is 11.4. The number of allylic oxidation sites excluding steroid dienone is 1. The molecule has 1 rings (SSSR count). The first-order chi connectivity index (χ1) is 7.63. The van der Waals surface area contributed by atoms with Gasteiger partial charge in [0.15, 0.2) is 5.78 Å². The van der Waals surface area contributed by atoms with Crippen LogP contribution >= 0.6 is 0 Å². The molecule has 0 atom stereocenters. The van der Waals surface area contributed by atoms with Crippen molar-refractivity contribution in [2.75, 3.05) is 6.61 Å². The van der Waals surface area contributed by atoms with Crippen molar-refractivity contribution in [1.82, 2.24) is 0 Å². The summed E-state index contributed by atoms with van der Waals surface area (Å²) in [5, 5.41) is 8.36. The van der Waals surface area contributed by atoms with Crippen molar-refractivity contribution in [3.05, 3.63) is 42.0 Å². The van der Waals surface area contributed by atoms with E-state index >= 15 is 0 Å². The zero-order valence-corrected chi connectivity index (χ0v) is 8.84. The Kier molecular flexibility index (Phi) is 4.27. The van der Waals surface area contributed by atoms with Crippen LogP contribution in [0.25, 0.3) is 0 Å². The zero-order valence-electron chi connectivity index (χ0n) is 8.84. The third-order valence-corrected chi connectivity index (χ3v) is 1.83. The molecule has 0 aromatic heterocycles. The average Bonchev–Trinajstić information content (AvgIpc) is 2.27. The van der Waals surface area contributed by atoms with E-state index in [-0.39, 0.29) is 5.78 Å². The molecule has 0 saturated heterocycles. The zero-order chi connectivity index (χ0) is 12.0. The lowest BCUT2D eigenvalue weighted by molar-refractivity contribution is -0.131. The highest BCUT2D eigenvalue weighted by atomic mass is 16.5. The first kappa shape index (κ1) is 12.0. The average molecular weight is 220 g/mol. The fourth-order valence-corrected chi connectivity index (χ4v) is 1.13. The second kappa shape index (κ2) is 5.70. The molecule has 16 heavy (non-hydrogen) atoms. The van der Waals surface area contributed by atoms with Crippen molar-refractivity contribution in [3.63, 3.8) is 0 Å². The van der Waals surface area contributed by atoms with Crippen molar-refractivity contribution in [3.8, 4) is 5.75 Å². The van der Waals surface area contributed by atoms with Crippen LogP contribution in [0.4, 0.5) is 0 Å². The summed E-state index contributed by atoms with van der Waals surface area (Å²) >= 11 is 0. The topological polar surface area (TPSA) is 63.6 Å². The molecule has 0 amide bonds. The maximum absolute atomic E-state index is 11.4. The molecule has 4 nitrogen and oxygen atoms in total. The van der Waals surface area contributed by atoms with E-state index in [1.54, 1.807) is 24.3 Å². The van der Waals surface area contributed by atoms with E-state index in [9.17, 15) is 9.59 Å². The van der Waals surface area contributed by atoms with Crippen LogP contribution in [0.1, 0.15) is 17.3 Å². The second-order valence-electron chi connectivity index (χ2n) is 2.99. The second-order valence-corrected chi connectivity index (χ2v) is 2.99. The summed E-state index contributed by atoms with van der Waals surface area (Å²) in [5.41, 5.74) is 0.431. The third kappa shape index (κ3) is 3.57. The maximum Gasteiger partial charge on any atom is 0.328 e. The van der Waals surface area contributed by atoms with Crippen LogP contribution in [0.15, 0.2) is 36.4 Å². The molecule has 0 aliphatic heterocycles. The summed E-state index contributed by atoms with van der Waals surface area (Å²) in [7, 11) is 0. The van der Waals surface area contributed by atoms with Gasteiger partial charge in [0.2, 0.25) is 0 Å². The van der Waals surface area contributed by atoms with Gasteiger partial charge in [-0.2, -0.15) is 0 Å². The van der Waals surface area contributed by atoms with Crippen LogP contribution in [0, 0.1) is 0 Å². The van der Waals surface area contributed by atoms with Crippen LogP contribution < -0.4 is 4.74 Å². The lowest BCUT2D eigenvalue weighted by atomic mass is 10.1. The van der Waals surface area contributed by atoms with Crippen LogP contribution in [-0.4, -0.2) is 23.5 Å². The fourth-order valence-electron chi connectivity index (χ4n) is 1.13. The minimum atomic E-state index is -1.14. The number of carboxylic acids is 1. The molecular weight excluding hydrogens is 208 g/mol. The van der Waals surface area contributed by atoms with Gasteiger partial charge in [-0.25, -0.2) is 4.79 Å². The molecule has 4 heteroatoms. The first-order valence-corrected chi connectivity index (χ1v) is 4.81. The predicted octanol–water partition coefficient (Wildman–Crippen LogP) is 1.91. The Bertz CT molecular complexity index is 404. The molecule has 0 unspecified atom stereocenters. The fraction of sp³-hybridized carbons (Fsp3) is 0.167. The van der Waals surface area contributed by atoms with Gasteiger partial charge in [0.1, 0.15) is 5.75 Å². The Hall–Kier alpha value is -2.10. The highest BCUT2D eigenvalue weighted by Gasteiger charge is 2.02. The van der Waals surface area contributed by atoms with Crippen molar-refractivity contribution in [2.45, 2.75) is 6.92 Å². The molecule has 0 radical (unpaired) electrons. The van der Waals surface area contributed by atoms with E-state index in [1.807, 2.05) is 6.92 Å². The lowest BCUT2D eigenvalue weighted by Gasteiger charge is -2.02. The number of ketones is 1. The van der Waals surface area contributed by atoms with E-state index in [4.69, 9.17) is 9.84 Å². The number of carbonyl (C=O) groups excluding carboxylic acids is 1. The minimum Gasteiger partial charge on any atom is -0.494 e. The highest BCUT2D eigenvalue weighted by molar-refractivity contribution is 6.06. The van der Waals surface area contributed by atoms with E-state index in [0.29, 0.717) is 17.9 Å². The molecule has 84 valence electrons. The van der Waals surface area contributed by atoms with Crippen molar-refractivity contribution in [1.29, 1.82) is 0 Å². The van der Waals surface area contributed by atoms with Crippen molar-refractivity contribution >= 4 is 11.8 Å². The number of aliphatic carboxylic acids is 1. The number of hydrogen-bond acceptors (Lipinski definition) is 3. The SMILES string of the molecule is CCOc1ccc(C(=O)/C=C/C(=O)O)cc1. The third-order valence-electron chi connectivity index (χ3n) is 1.83. The Morgan fingerprint density at radius 3 is 2.38 bits per heavy atom. The van der Waals surface area contributed by atoms with E-state index in [2.05, 4.69) is 0 Å². The van der Waals surface area contributed by atoms with Gasteiger partial charge in [-0.05, 0) is 37.3 Å². The summed E-state index contributed by atoms with van der Waals surface area (Å²) in [6.45, 7) is 2.43. The van der Waals surface area contributed by atoms with Crippen molar-refractivity contribution < 1.29 is 19.4 Å². The molecule has 0 bridgehead atoms. The Labute approximate surface area is 93.2 Å². The number of carbonyl (C=O) groups is 2. The molecule has 1 aromatic rings. The number of hydrogen-bond donors (Lipinski definition) is 1. The molecule has 1 aromatic carbocycles. The Morgan fingerprint density at radius 1 is 1.25 bits per heavy atom. The molecular formula is C12H12O4. The highest BCUT2D eigenvalue weighted by Crippen LogP contribution is 2.12. The summed E-state index contributed by atoms with van der Waals surface area (Å²) in [6.07, 6.45) is 1.84. The van der Waals surface area contributed by atoms with Gasteiger partial charge in [-0.3, -0.25) is 4.79 Å². The van der Waals surface area contributed by atoms with E-state index in [0.717, 1.165) is 12.2 Å². The number of ether oxygens (including phenoxy) is 1. The number of carboxylic acid groups (broad SMARTS) is 1. The van der Waals surface area contributed by atoms with E-state index < -0.39 is 5.97 Å². The van der Waals surface area contributed by atoms with Crippen LogP contribution in [0.2, 0.25) is 0 Å². The summed E-state index contributed by atoms with van der Waals surface area (Å²) in [4.78, 5) is 21.6. The quantitative estimate of drug-likeness (QED) is 0.608. The first-order valence-electron chi connectivity index (χ1n) is 4.81. The van der Waals surface area contributed by atoms with Crippen LogP contribution in [0.3, 0.4) is 0 Å². The molecule has 0 aliphatic rings. The van der Waals surface area contributed by atoms with Gasteiger partial charge in [-0.1, -0.05) is 0 Å². The van der Waals surface area contributed by atoms with Gasteiger partial charge in [-0.15, -0.1) is 0 Å². The minimum absolute atomic E-state index is 0.342. The molecule has 0 heterocycles. The summed E-state index contributed by atoms with van der Waals surface area (Å²) < 4.78 is 5.22. The Morgan fingerprint density at radius 2 is 1.88 bits per heavy atom. The molecule has 0 aliphatic carbocycles. The number of benzene rings is 1. The smallest absolute Gasteiger partial charge is 0.328 e. The largest absolute Gasteiger partial charge is 0.494 e. The number of rotatable bonds is 5. The van der Waals surface area contributed by atoms with Gasteiger partial charge < -0.3 is 9.84 Å².